The molecule has 10 heteroatoms. The lowest BCUT2D eigenvalue weighted by Crippen LogP contribution is -2.15. The Bertz CT molecular complexity index is 745. The number of tetrazole rings is 1. The molecule has 0 amide bonds. The zero-order valence-electron chi connectivity index (χ0n) is 12.2. The van der Waals surface area contributed by atoms with Gasteiger partial charge in [-0.3, -0.25) is 0 Å². The second-order valence-corrected chi connectivity index (χ2v) is 4.12. The maximum absolute atomic E-state index is 13.8. The third-order valence-corrected chi connectivity index (χ3v) is 2.69. The summed E-state index contributed by atoms with van der Waals surface area (Å²) in [4.78, 5) is 23.0. The predicted octanol–water partition coefficient (Wildman–Crippen LogP) is 0.443. The number of nitrogens with zero attached hydrogens (tertiary/aromatic N) is 4. The summed E-state index contributed by atoms with van der Waals surface area (Å²) in [6.45, 7) is 0. The van der Waals surface area contributed by atoms with Gasteiger partial charge in [0.15, 0.2) is 0 Å². The van der Waals surface area contributed by atoms with Gasteiger partial charge in [0.05, 0.1) is 20.3 Å². The number of esters is 2. The van der Waals surface area contributed by atoms with Crippen LogP contribution in [0.5, 0.6) is 0 Å². The van der Waals surface area contributed by atoms with E-state index in [1.807, 2.05) is 0 Å². The molecule has 0 saturated heterocycles. The molecule has 0 radical (unpaired) electrons. The van der Waals surface area contributed by atoms with Crippen molar-refractivity contribution in [3.05, 3.63) is 42.1 Å². The average molecular weight is 321 g/mol. The molecule has 0 aliphatic rings. The van der Waals surface area contributed by atoms with Crippen molar-refractivity contribution in [1.29, 1.82) is 0 Å². The minimum absolute atomic E-state index is 0.0577. The Hall–Kier alpha value is -3.30. The van der Waals surface area contributed by atoms with E-state index in [1.54, 1.807) is 0 Å². The van der Waals surface area contributed by atoms with Crippen molar-refractivity contribution < 1.29 is 23.5 Å². The Balaban J connectivity index is 2.34. The molecule has 0 aliphatic carbocycles. The lowest BCUT2D eigenvalue weighted by molar-refractivity contribution is -0.138. The van der Waals surface area contributed by atoms with E-state index in [0.29, 0.717) is 5.69 Å². The molecule has 0 unspecified atom stereocenters. The second kappa shape index (κ2) is 7.11. The normalized spacial score (nSPS) is 11.0. The summed E-state index contributed by atoms with van der Waals surface area (Å²) in [6.07, 6.45) is 2.14. The highest BCUT2D eigenvalue weighted by atomic mass is 19.1. The van der Waals surface area contributed by atoms with Crippen LogP contribution in [-0.4, -0.2) is 46.4 Å². The standard InChI is InChI=1S/C13H12FN5O4/c1-22-12(20)6-10(13(21)23-2)16-8-3-4-9(14)11(5-8)19-7-15-17-18-19/h3-7,16H,1-2H3/b10-6+. The number of hydrogen-bond acceptors (Lipinski definition) is 8. The number of benzene rings is 1. The highest BCUT2D eigenvalue weighted by Crippen LogP contribution is 2.19. The van der Waals surface area contributed by atoms with Crippen molar-refractivity contribution in [3.8, 4) is 5.69 Å². The van der Waals surface area contributed by atoms with Gasteiger partial charge in [-0.1, -0.05) is 0 Å². The number of aromatic nitrogens is 4. The molecule has 0 bridgehead atoms. The number of methoxy groups -OCH3 is 2. The van der Waals surface area contributed by atoms with Crippen LogP contribution in [0.25, 0.3) is 5.69 Å². The molecule has 1 aromatic carbocycles. The Morgan fingerprint density at radius 3 is 2.70 bits per heavy atom. The average Bonchev–Trinajstić information content (AvgIpc) is 3.09. The van der Waals surface area contributed by atoms with Gasteiger partial charge in [-0.15, -0.1) is 5.10 Å². The van der Waals surface area contributed by atoms with Crippen molar-refractivity contribution in [2.45, 2.75) is 0 Å². The molecular weight excluding hydrogens is 309 g/mol. The van der Waals surface area contributed by atoms with Gasteiger partial charge in [-0.2, -0.15) is 4.68 Å². The Morgan fingerprint density at radius 2 is 2.09 bits per heavy atom. The van der Waals surface area contributed by atoms with Crippen molar-refractivity contribution in [2.24, 2.45) is 0 Å². The molecule has 0 spiro atoms. The largest absolute Gasteiger partial charge is 0.466 e. The van der Waals surface area contributed by atoms with Crippen LogP contribution < -0.4 is 5.32 Å². The molecule has 1 aromatic heterocycles. The summed E-state index contributed by atoms with van der Waals surface area (Å²) in [6, 6.07) is 3.89. The Morgan fingerprint density at radius 1 is 1.30 bits per heavy atom. The van der Waals surface area contributed by atoms with Crippen LogP contribution in [0.15, 0.2) is 36.3 Å². The van der Waals surface area contributed by atoms with Crippen molar-refractivity contribution in [2.75, 3.05) is 19.5 Å². The lowest BCUT2D eigenvalue weighted by atomic mass is 10.2. The molecule has 0 saturated carbocycles. The van der Waals surface area contributed by atoms with Crippen LogP contribution in [-0.2, 0) is 19.1 Å². The van der Waals surface area contributed by atoms with Gasteiger partial charge >= 0.3 is 11.9 Å². The zero-order chi connectivity index (χ0) is 16.8. The smallest absolute Gasteiger partial charge is 0.354 e. The van der Waals surface area contributed by atoms with Crippen LogP contribution in [0.1, 0.15) is 0 Å². The number of rotatable bonds is 5. The van der Waals surface area contributed by atoms with E-state index in [0.717, 1.165) is 23.9 Å². The fraction of sp³-hybridized carbons (Fsp3) is 0.154. The summed E-state index contributed by atoms with van der Waals surface area (Å²) in [5, 5.41) is 13.1. The maximum Gasteiger partial charge on any atom is 0.354 e. The van der Waals surface area contributed by atoms with Crippen molar-refractivity contribution in [3.63, 3.8) is 0 Å². The van der Waals surface area contributed by atoms with Gasteiger partial charge < -0.3 is 14.8 Å². The van der Waals surface area contributed by atoms with Gasteiger partial charge in [0.2, 0.25) is 0 Å². The highest BCUT2D eigenvalue weighted by molar-refractivity contribution is 5.98. The highest BCUT2D eigenvalue weighted by Gasteiger charge is 2.14. The third kappa shape index (κ3) is 3.87. The minimum Gasteiger partial charge on any atom is -0.466 e. The molecule has 9 nitrogen and oxygen atoms in total. The van der Waals surface area contributed by atoms with Crippen LogP contribution in [0.3, 0.4) is 0 Å². The van der Waals surface area contributed by atoms with Crippen LogP contribution in [0, 0.1) is 5.82 Å². The predicted molar refractivity (Wildman–Crippen MR) is 74.8 cm³/mol. The zero-order valence-corrected chi connectivity index (χ0v) is 12.2. The monoisotopic (exact) mass is 321 g/mol. The van der Waals surface area contributed by atoms with Gasteiger partial charge in [0, 0.05) is 5.69 Å². The Labute approximate surface area is 129 Å². The van der Waals surface area contributed by atoms with Crippen LogP contribution in [0.2, 0.25) is 0 Å². The van der Waals surface area contributed by atoms with E-state index in [4.69, 9.17) is 0 Å². The summed E-state index contributed by atoms with van der Waals surface area (Å²) in [5.74, 6) is -2.11. The second-order valence-electron chi connectivity index (χ2n) is 4.12. The molecule has 0 atom stereocenters. The molecular formula is C13H12FN5O4. The molecule has 1 heterocycles. The van der Waals surface area contributed by atoms with E-state index in [1.165, 1.54) is 25.6 Å². The summed E-state index contributed by atoms with van der Waals surface area (Å²) in [7, 11) is 2.33. The molecule has 23 heavy (non-hydrogen) atoms. The summed E-state index contributed by atoms with van der Waals surface area (Å²) < 4.78 is 24.0. The van der Waals surface area contributed by atoms with Gasteiger partial charge in [-0.05, 0) is 28.6 Å². The van der Waals surface area contributed by atoms with Gasteiger partial charge in [-0.25, -0.2) is 14.0 Å². The summed E-state index contributed by atoms with van der Waals surface area (Å²) in [5.41, 5.74) is 0.202. The first kappa shape index (κ1) is 16.1. The first-order valence-electron chi connectivity index (χ1n) is 6.23. The SMILES string of the molecule is COC(=O)/C=C(/Nc1ccc(F)c(-n2cnnn2)c1)C(=O)OC. The molecule has 1 N–H and O–H groups in total. The molecule has 0 aliphatic heterocycles. The number of carbonyl (C=O) groups is 2. The number of halogens is 1. The number of carbonyl (C=O) groups excluding carboxylic acids is 2. The van der Waals surface area contributed by atoms with Crippen molar-refractivity contribution >= 4 is 17.6 Å². The number of nitrogens with one attached hydrogen (secondary N) is 1. The van der Waals surface area contributed by atoms with E-state index in [2.05, 4.69) is 30.3 Å². The van der Waals surface area contributed by atoms with Crippen LogP contribution >= 0.6 is 0 Å². The molecule has 0 fully saturated rings. The molecule has 120 valence electrons. The minimum atomic E-state index is -0.788. The lowest BCUT2D eigenvalue weighted by Gasteiger charge is -2.10. The van der Waals surface area contributed by atoms with E-state index in [9.17, 15) is 14.0 Å². The van der Waals surface area contributed by atoms with Gasteiger partial charge in [0.25, 0.3) is 0 Å². The first-order chi connectivity index (χ1) is 11.0. The van der Waals surface area contributed by atoms with Gasteiger partial charge in [0.1, 0.15) is 23.5 Å². The summed E-state index contributed by atoms with van der Waals surface area (Å²) >= 11 is 0. The topological polar surface area (TPSA) is 108 Å². The van der Waals surface area contributed by atoms with E-state index in [-0.39, 0.29) is 11.4 Å². The Kier molecular flexibility index (Phi) is 4.97. The quantitative estimate of drug-likeness (QED) is 0.624. The third-order valence-electron chi connectivity index (χ3n) is 2.69. The fourth-order valence-corrected chi connectivity index (χ4v) is 1.63. The van der Waals surface area contributed by atoms with E-state index >= 15 is 0 Å². The number of ether oxygens (including phenoxy) is 2. The van der Waals surface area contributed by atoms with Crippen LogP contribution in [0.4, 0.5) is 10.1 Å². The molecule has 2 rings (SSSR count). The number of anilines is 1. The number of hydrogen-bond donors (Lipinski definition) is 1. The van der Waals surface area contributed by atoms with E-state index < -0.39 is 17.8 Å². The maximum atomic E-state index is 13.8. The molecule has 2 aromatic rings. The first-order valence-corrected chi connectivity index (χ1v) is 6.23. The van der Waals surface area contributed by atoms with Crippen molar-refractivity contribution in [1.82, 2.24) is 20.2 Å². The fourth-order valence-electron chi connectivity index (χ4n) is 1.63.